The molecule has 2 aromatic rings. The van der Waals surface area contributed by atoms with Crippen LogP contribution in [0.15, 0.2) is 42.5 Å². The lowest BCUT2D eigenvalue weighted by Gasteiger charge is -2.39. The molecule has 2 aromatic carbocycles. The highest BCUT2D eigenvalue weighted by Gasteiger charge is 2.34. The highest BCUT2D eigenvalue weighted by atomic mass is 16.6. The smallest absolute Gasteiger partial charge is 0.224 e. The van der Waals surface area contributed by atoms with Crippen molar-refractivity contribution in [1.82, 2.24) is 5.32 Å². The van der Waals surface area contributed by atoms with Gasteiger partial charge in [-0.05, 0) is 35.6 Å². The normalized spacial score (nSPS) is 26.8. The Hall–Kier alpha value is -1.91. The molecule has 1 aliphatic carbocycles. The van der Waals surface area contributed by atoms with E-state index in [0.29, 0.717) is 19.6 Å². The summed E-state index contributed by atoms with van der Waals surface area (Å²) in [5.74, 6) is 0.0894. The van der Waals surface area contributed by atoms with Crippen molar-refractivity contribution in [2.24, 2.45) is 0 Å². The van der Waals surface area contributed by atoms with Crippen molar-refractivity contribution in [3.05, 3.63) is 48.0 Å². The Labute approximate surface area is 142 Å². The third-order valence-electron chi connectivity index (χ3n) is 5.07. The number of carbonyl (C=O) groups excluding carboxylic acids is 1. The number of hydrogen-bond acceptors (Lipinski definition) is 3. The Morgan fingerprint density at radius 3 is 2.71 bits per heavy atom. The molecule has 3 atom stereocenters. The zero-order chi connectivity index (χ0) is 16.4. The quantitative estimate of drug-likeness (QED) is 0.944. The molecule has 0 bridgehead atoms. The van der Waals surface area contributed by atoms with Gasteiger partial charge in [-0.1, -0.05) is 42.5 Å². The summed E-state index contributed by atoms with van der Waals surface area (Å²) in [7, 11) is 0. The summed E-state index contributed by atoms with van der Waals surface area (Å²) in [6.45, 7) is 1.36. The van der Waals surface area contributed by atoms with Crippen molar-refractivity contribution < 1.29 is 14.3 Å². The van der Waals surface area contributed by atoms with Crippen molar-refractivity contribution in [2.45, 2.75) is 43.9 Å². The Morgan fingerprint density at radius 2 is 1.79 bits per heavy atom. The van der Waals surface area contributed by atoms with Gasteiger partial charge in [0.2, 0.25) is 5.91 Å². The van der Waals surface area contributed by atoms with E-state index in [4.69, 9.17) is 9.47 Å². The molecule has 1 saturated carbocycles. The monoisotopic (exact) mass is 325 g/mol. The molecule has 2 fully saturated rings. The van der Waals surface area contributed by atoms with Gasteiger partial charge in [0.15, 0.2) is 0 Å². The van der Waals surface area contributed by atoms with Gasteiger partial charge in [0.05, 0.1) is 31.8 Å². The molecular weight excluding hydrogens is 302 g/mol. The molecule has 126 valence electrons. The Balaban J connectivity index is 1.39. The van der Waals surface area contributed by atoms with Crippen LogP contribution in [0.5, 0.6) is 0 Å². The number of nitrogens with one attached hydrogen (secondary N) is 1. The number of amides is 1. The Bertz CT molecular complexity index is 724. The van der Waals surface area contributed by atoms with Crippen LogP contribution in [0.1, 0.15) is 24.8 Å². The van der Waals surface area contributed by atoms with E-state index in [9.17, 15) is 4.79 Å². The third-order valence-corrected chi connectivity index (χ3v) is 5.07. The summed E-state index contributed by atoms with van der Waals surface area (Å²) in [6, 6.07) is 14.5. The van der Waals surface area contributed by atoms with E-state index in [0.717, 1.165) is 30.2 Å². The van der Waals surface area contributed by atoms with E-state index in [2.05, 4.69) is 23.5 Å². The fourth-order valence-corrected chi connectivity index (χ4v) is 3.90. The summed E-state index contributed by atoms with van der Waals surface area (Å²) < 4.78 is 11.5. The zero-order valence-electron chi connectivity index (χ0n) is 13.7. The summed E-state index contributed by atoms with van der Waals surface area (Å²) in [4.78, 5) is 12.5. The number of ether oxygens (including phenoxy) is 2. The lowest BCUT2D eigenvalue weighted by molar-refractivity contribution is -0.158. The lowest BCUT2D eigenvalue weighted by atomic mass is 9.89. The number of benzene rings is 2. The van der Waals surface area contributed by atoms with Gasteiger partial charge in [0.1, 0.15) is 0 Å². The van der Waals surface area contributed by atoms with Crippen LogP contribution in [0, 0.1) is 0 Å². The van der Waals surface area contributed by atoms with Gasteiger partial charge in [0.25, 0.3) is 0 Å². The van der Waals surface area contributed by atoms with Crippen molar-refractivity contribution in [1.29, 1.82) is 0 Å². The molecule has 0 unspecified atom stereocenters. The van der Waals surface area contributed by atoms with Gasteiger partial charge in [-0.25, -0.2) is 0 Å². The minimum Gasteiger partial charge on any atom is -0.373 e. The van der Waals surface area contributed by atoms with Gasteiger partial charge >= 0.3 is 0 Å². The SMILES string of the molecule is O=C(Cc1cccc2ccccc12)N[C@@H]1CC[C@@H]2OCCO[C@@H]2C1. The summed E-state index contributed by atoms with van der Waals surface area (Å²) in [6.07, 6.45) is 3.55. The Morgan fingerprint density at radius 1 is 1.00 bits per heavy atom. The van der Waals surface area contributed by atoms with Crippen LogP contribution in [-0.4, -0.2) is 37.4 Å². The molecule has 24 heavy (non-hydrogen) atoms. The second kappa shape index (κ2) is 6.91. The second-order valence-corrected chi connectivity index (χ2v) is 6.71. The van der Waals surface area contributed by atoms with E-state index in [1.54, 1.807) is 0 Å². The van der Waals surface area contributed by atoms with Crippen molar-refractivity contribution in [2.75, 3.05) is 13.2 Å². The first kappa shape index (κ1) is 15.6. The predicted octanol–water partition coefficient (Wildman–Crippen LogP) is 2.84. The van der Waals surface area contributed by atoms with Crippen LogP contribution in [0.4, 0.5) is 0 Å². The van der Waals surface area contributed by atoms with Crippen LogP contribution in [0.2, 0.25) is 0 Å². The molecule has 1 aliphatic heterocycles. The van der Waals surface area contributed by atoms with Crippen LogP contribution < -0.4 is 5.32 Å². The highest BCUT2D eigenvalue weighted by Crippen LogP contribution is 2.27. The highest BCUT2D eigenvalue weighted by molar-refractivity contribution is 5.90. The average molecular weight is 325 g/mol. The van der Waals surface area contributed by atoms with Crippen molar-refractivity contribution >= 4 is 16.7 Å². The second-order valence-electron chi connectivity index (χ2n) is 6.71. The number of rotatable bonds is 3. The molecule has 1 amide bonds. The molecule has 0 spiro atoms. The third kappa shape index (κ3) is 3.30. The van der Waals surface area contributed by atoms with Gasteiger partial charge in [-0.2, -0.15) is 0 Å². The summed E-state index contributed by atoms with van der Waals surface area (Å²) >= 11 is 0. The van der Waals surface area contributed by atoms with Gasteiger partial charge in [0, 0.05) is 6.04 Å². The zero-order valence-corrected chi connectivity index (χ0v) is 13.7. The van der Waals surface area contributed by atoms with Gasteiger partial charge < -0.3 is 14.8 Å². The van der Waals surface area contributed by atoms with E-state index in [-0.39, 0.29) is 24.2 Å². The molecule has 4 nitrogen and oxygen atoms in total. The standard InChI is InChI=1S/C20H23NO3/c22-20(12-15-6-3-5-14-4-1-2-7-17(14)15)21-16-8-9-18-19(13-16)24-11-10-23-18/h1-7,16,18-19H,8-13H2,(H,21,22)/t16-,18+,19-/m1/s1. The first-order valence-corrected chi connectivity index (χ1v) is 8.79. The molecule has 4 heteroatoms. The molecule has 0 aromatic heterocycles. The summed E-state index contributed by atoms with van der Waals surface area (Å²) in [5, 5.41) is 5.52. The fourth-order valence-electron chi connectivity index (χ4n) is 3.90. The van der Waals surface area contributed by atoms with Gasteiger partial charge in [-0.3, -0.25) is 4.79 Å². The van der Waals surface area contributed by atoms with Gasteiger partial charge in [-0.15, -0.1) is 0 Å². The molecule has 1 heterocycles. The number of hydrogen-bond donors (Lipinski definition) is 1. The molecule has 1 N–H and O–H groups in total. The molecule has 1 saturated heterocycles. The molecular formula is C20H23NO3. The topological polar surface area (TPSA) is 47.6 Å². The number of carbonyl (C=O) groups is 1. The van der Waals surface area contributed by atoms with Crippen LogP contribution in [0.25, 0.3) is 10.8 Å². The molecule has 4 rings (SSSR count). The van der Waals surface area contributed by atoms with E-state index in [1.807, 2.05) is 24.3 Å². The summed E-state index contributed by atoms with van der Waals surface area (Å²) in [5.41, 5.74) is 1.08. The fraction of sp³-hybridized carbons (Fsp3) is 0.450. The predicted molar refractivity (Wildman–Crippen MR) is 92.9 cm³/mol. The average Bonchev–Trinajstić information content (AvgIpc) is 2.62. The maximum absolute atomic E-state index is 12.5. The van der Waals surface area contributed by atoms with Crippen LogP contribution in [0.3, 0.4) is 0 Å². The minimum absolute atomic E-state index is 0.0894. The first-order chi connectivity index (χ1) is 11.8. The van der Waals surface area contributed by atoms with Crippen molar-refractivity contribution in [3.8, 4) is 0 Å². The van der Waals surface area contributed by atoms with E-state index in [1.165, 1.54) is 5.39 Å². The van der Waals surface area contributed by atoms with Crippen molar-refractivity contribution in [3.63, 3.8) is 0 Å². The minimum atomic E-state index is 0.0894. The van der Waals surface area contributed by atoms with E-state index < -0.39 is 0 Å². The lowest BCUT2D eigenvalue weighted by Crippen LogP contribution is -2.49. The van der Waals surface area contributed by atoms with Crippen LogP contribution >= 0.6 is 0 Å². The maximum Gasteiger partial charge on any atom is 0.224 e. The molecule has 0 radical (unpaired) electrons. The first-order valence-electron chi connectivity index (χ1n) is 8.79. The maximum atomic E-state index is 12.5. The molecule has 2 aliphatic rings. The number of fused-ring (bicyclic) bond motifs is 2. The van der Waals surface area contributed by atoms with Crippen LogP contribution in [-0.2, 0) is 20.7 Å². The largest absolute Gasteiger partial charge is 0.373 e. The van der Waals surface area contributed by atoms with E-state index >= 15 is 0 Å². The Kier molecular flexibility index (Phi) is 4.50.